The van der Waals surface area contributed by atoms with Crippen molar-refractivity contribution in [3.8, 4) is 0 Å². The van der Waals surface area contributed by atoms with Gasteiger partial charge in [0.15, 0.2) is 5.96 Å². The summed E-state index contributed by atoms with van der Waals surface area (Å²) in [6.07, 6.45) is 9.40. The van der Waals surface area contributed by atoms with Crippen molar-refractivity contribution in [2.45, 2.75) is 44.6 Å². The van der Waals surface area contributed by atoms with E-state index in [-0.39, 0.29) is 0 Å². The molecule has 1 aliphatic carbocycles. The van der Waals surface area contributed by atoms with Gasteiger partial charge in [0.1, 0.15) is 0 Å². The number of aromatic nitrogens is 1. The Bertz CT molecular complexity index is 608. The van der Waals surface area contributed by atoms with E-state index in [1.807, 2.05) is 6.07 Å². The number of aliphatic imine (C=N–C) groups is 1. The maximum absolute atomic E-state index is 5.99. The van der Waals surface area contributed by atoms with Crippen LogP contribution in [0.3, 0.4) is 0 Å². The molecule has 1 aromatic carbocycles. The third-order valence-corrected chi connectivity index (χ3v) is 4.30. The smallest absolute Gasteiger partial charge is 0.188 e. The van der Waals surface area contributed by atoms with Gasteiger partial charge in [0.25, 0.3) is 0 Å². The summed E-state index contributed by atoms with van der Waals surface area (Å²) in [5.41, 5.74) is 8.48. The number of nitrogens with zero attached hydrogens (tertiary/aromatic N) is 1. The summed E-state index contributed by atoms with van der Waals surface area (Å²) in [6, 6.07) is 8.89. The lowest BCUT2D eigenvalue weighted by atomic mass is 9.96. The van der Waals surface area contributed by atoms with Crippen molar-refractivity contribution in [1.29, 1.82) is 0 Å². The molecule has 0 radical (unpaired) electrons. The molecule has 0 bridgehead atoms. The molecule has 4 heteroatoms. The van der Waals surface area contributed by atoms with Crippen LogP contribution in [0, 0.1) is 0 Å². The minimum absolute atomic E-state index is 0.524. The predicted octanol–water partition coefficient (Wildman–Crippen LogP) is 2.95. The maximum atomic E-state index is 5.99. The molecular weight excluding hydrogens is 260 g/mol. The van der Waals surface area contributed by atoms with Crippen LogP contribution in [-0.4, -0.2) is 23.5 Å². The third kappa shape index (κ3) is 3.57. The number of guanidine groups is 1. The molecule has 1 aliphatic rings. The van der Waals surface area contributed by atoms with E-state index in [1.165, 1.54) is 48.6 Å². The van der Waals surface area contributed by atoms with Crippen LogP contribution >= 0.6 is 0 Å². The second-order valence-electron chi connectivity index (χ2n) is 5.86. The Kier molecular flexibility index (Phi) is 4.43. The number of hydrogen-bond donors (Lipinski definition) is 3. The van der Waals surface area contributed by atoms with Gasteiger partial charge in [0.2, 0.25) is 0 Å². The van der Waals surface area contributed by atoms with Crippen LogP contribution < -0.4 is 11.1 Å². The summed E-state index contributed by atoms with van der Waals surface area (Å²) in [5.74, 6) is 0.599. The quantitative estimate of drug-likeness (QED) is 0.597. The summed E-state index contributed by atoms with van der Waals surface area (Å²) in [5, 5.41) is 4.64. The highest BCUT2D eigenvalue weighted by Crippen LogP contribution is 2.18. The van der Waals surface area contributed by atoms with E-state index in [2.05, 4.69) is 39.7 Å². The number of para-hydroxylation sites is 1. The highest BCUT2D eigenvalue weighted by molar-refractivity contribution is 5.83. The van der Waals surface area contributed by atoms with E-state index in [1.54, 1.807) is 0 Å². The van der Waals surface area contributed by atoms with E-state index in [4.69, 9.17) is 5.73 Å². The van der Waals surface area contributed by atoms with Crippen LogP contribution in [0.5, 0.6) is 0 Å². The van der Waals surface area contributed by atoms with Crippen molar-refractivity contribution in [1.82, 2.24) is 10.3 Å². The molecule has 0 unspecified atom stereocenters. The van der Waals surface area contributed by atoms with Crippen LogP contribution in [-0.2, 0) is 6.42 Å². The van der Waals surface area contributed by atoms with Gasteiger partial charge in [-0.15, -0.1) is 0 Å². The summed E-state index contributed by atoms with van der Waals surface area (Å²) in [4.78, 5) is 7.77. The molecule has 4 N–H and O–H groups in total. The Morgan fingerprint density at radius 1 is 1.24 bits per heavy atom. The number of benzene rings is 1. The van der Waals surface area contributed by atoms with E-state index >= 15 is 0 Å². The first-order chi connectivity index (χ1) is 10.3. The van der Waals surface area contributed by atoms with Gasteiger partial charge >= 0.3 is 0 Å². The summed E-state index contributed by atoms with van der Waals surface area (Å²) in [7, 11) is 0. The number of nitrogens with two attached hydrogens (primary N) is 1. The first kappa shape index (κ1) is 14.0. The van der Waals surface area contributed by atoms with Gasteiger partial charge < -0.3 is 16.0 Å². The lowest BCUT2D eigenvalue weighted by Crippen LogP contribution is -2.41. The van der Waals surface area contributed by atoms with Gasteiger partial charge in [0.05, 0.1) is 0 Å². The molecule has 3 rings (SSSR count). The normalized spacial score (nSPS) is 17.2. The number of fused-ring (bicyclic) bond motifs is 1. The molecule has 1 heterocycles. The molecule has 2 aromatic rings. The molecule has 112 valence electrons. The molecule has 0 saturated heterocycles. The third-order valence-electron chi connectivity index (χ3n) is 4.30. The number of aromatic amines is 1. The Morgan fingerprint density at radius 3 is 2.90 bits per heavy atom. The molecule has 1 aromatic heterocycles. The maximum Gasteiger partial charge on any atom is 0.188 e. The van der Waals surface area contributed by atoms with Gasteiger partial charge in [-0.1, -0.05) is 37.5 Å². The van der Waals surface area contributed by atoms with Crippen LogP contribution in [0.25, 0.3) is 10.9 Å². The molecule has 0 aliphatic heterocycles. The first-order valence-corrected chi connectivity index (χ1v) is 7.94. The largest absolute Gasteiger partial charge is 0.370 e. The van der Waals surface area contributed by atoms with Crippen LogP contribution in [0.2, 0.25) is 0 Å². The topological polar surface area (TPSA) is 66.2 Å². The zero-order valence-electron chi connectivity index (χ0n) is 12.4. The van der Waals surface area contributed by atoms with Crippen molar-refractivity contribution in [2.24, 2.45) is 10.7 Å². The first-order valence-electron chi connectivity index (χ1n) is 7.94. The van der Waals surface area contributed by atoms with Crippen molar-refractivity contribution in [3.05, 3.63) is 36.0 Å². The van der Waals surface area contributed by atoms with E-state index in [0.29, 0.717) is 12.0 Å². The van der Waals surface area contributed by atoms with Crippen molar-refractivity contribution < 1.29 is 0 Å². The van der Waals surface area contributed by atoms with E-state index in [9.17, 15) is 0 Å². The van der Waals surface area contributed by atoms with Gasteiger partial charge in [-0.2, -0.15) is 0 Å². The molecule has 21 heavy (non-hydrogen) atoms. The van der Waals surface area contributed by atoms with Crippen LogP contribution in [0.4, 0.5) is 0 Å². The van der Waals surface area contributed by atoms with Crippen molar-refractivity contribution in [2.75, 3.05) is 6.54 Å². The fourth-order valence-corrected chi connectivity index (χ4v) is 3.14. The van der Waals surface area contributed by atoms with Gasteiger partial charge in [-0.3, -0.25) is 4.99 Å². The van der Waals surface area contributed by atoms with E-state index in [0.717, 1.165) is 13.0 Å². The molecule has 1 fully saturated rings. The fraction of sp³-hybridized carbons (Fsp3) is 0.471. The van der Waals surface area contributed by atoms with Crippen molar-refractivity contribution in [3.63, 3.8) is 0 Å². The molecule has 0 spiro atoms. The number of H-pyrrole nitrogens is 1. The highest BCUT2D eigenvalue weighted by atomic mass is 15.1. The lowest BCUT2D eigenvalue weighted by molar-refractivity contribution is 0.412. The summed E-state index contributed by atoms with van der Waals surface area (Å²) in [6.45, 7) is 0.730. The predicted molar refractivity (Wildman–Crippen MR) is 88.5 cm³/mol. The second-order valence-corrected chi connectivity index (χ2v) is 5.86. The summed E-state index contributed by atoms with van der Waals surface area (Å²) < 4.78 is 0. The second kappa shape index (κ2) is 6.66. The average Bonchev–Trinajstić information content (AvgIpc) is 2.92. The van der Waals surface area contributed by atoms with Gasteiger partial charge in [0, 0.05) is 29.7 Å². The molecular formula is C17H24N4. The van der Waals surface area contributed by atoms with E-state index < -0.39 is 0 Å². The standard InChI is InChI=1S/C17H24N4/c18-17(21-14-6-2-1-3-7-14)19-11-10-13-12-20-16-9-5-4-8-15(13)16/h4-5,8-9,12,14,20H,1-3,6-7,10-11H2,(H3,18,19,21). The van der Waals surface area contributed by atoms with Crippen LogP contribution in [0.1, 0.15) is 37.7 Å². The fourth-order valence-electron chi connectivity index (χ4n) is 3.14. The highest BCUT2D eigenvalue weighted by Gasteiger charge is 2.13. The van der Waals surface area contributed by atoms with Gasteiger partial charge in [-0.05, 0) is 30.9 Å². The summed E-state index contributed by atoms with van der Waals surface area (Å²) >= 11 is 0. The lowest BCUT2D eigenvalue weighted by Gasteiger charge is -2.23. The average molecular weight is 284 g/mol. The number of nitrogens with one attached hydrogen (secondary N) is 2. The Labute approximate surface area is 125 Å². The number of rotatable bonds is 4. The molecule has 4 nitrogen and oxygen atoms in total. The molecule has 1 saturated carbocycles. The molecule has 0 atom stereocenters. The monoisotopic (exact) mass is 284 g/mol. The van der Waals surface area contributed by atoms with Gasteiger partial charge in [-0.25, -0.2) is 0 Å². The minimum atomic E-state index is 0.524. The molecule has 0 amide bonds. The minimum Gasteiger partial charge on any atom is -0.370 e. The van der Waals surface area contributed by atoms with Crippen LogP contribution in [0.15, 0.2) is 35.5 Å². The Balaban J connectivity index is 1.53. The SMILES string of the molecule is NC(=NCCc1c[nH]c2ccccc12)NC1CCCCC1. The number of hydrogen-bond acceptors (Lipinski definition) is 1. The Morgan fingerprint density at radius 2 is 2.05 bits per heavy atom. The zero-order valence-corrected chi connectivity index (χ0v) is 12.4. The van der Waals surface area contributed by atoms with Crippen molar-refractivity contribution >= 4 is 16.9 Å². The Hall–Kier alpha value is -1.97. The zero-order chi connectivity index (χ0) is 14.5.